The molecule has 0 fully saturated rings. The van der Waals surface area contributed by atoms with Crippen LogP contribution in [0.25, 0.3) is 67.2 Å². The molecule has 0 spiro atoms. The Kier molecular flexibility index (Phi) is 5.46. The van der Waals surface area contributed by atoms with Gasteiger partial charge in [0.2, 0.25) is 0 Å². The minimum atomic E-state index is 0.589. The molecule has 0 radical (unpaired) electrons. The monoisotopic (exact) mass is 509 g/mol. The SMILES string of the molecule is Clc1ccccc1-c1ccc(-c2nc(-c3ccccc3)nc(-c3ccc4c(c3)oc3ccccc34)n2)cc1. The minimum absolute atomic E-state index is 0.589. The molecule has 180 valence electrons. The van der Waals surface area contributed by atoms with Crippen molar-refractivity contribution in [3.8, 4) is 45.3 Å². The summed E-state index contributed by atoms with van der Waals surface area (Å²) in [6.07, 6.45) is 0. The maximum Gasteiger partial charge on any atom is 0.164 e. The van der Waals surface area contributed by atoms with Gasteiger partial charge in [0.1, 0.15) is 11.2 Å². The van der Waals surface area contributed by atoms with Crippen LogP contribution in [0.15, 0.2) is 126 Å². The first kappa shape index (κ1) is 22.4. The smallest absolute Gasteiger partial charge is 0.164 e. The van der Waals surface area contributed by atoms with Crippen molar-refractivity contribution in [2.75, 3.05) is 0 Å². The molecule has 2 heterocycles. The largest absolute Gasteiger partial charge is 0.456 e. The van der Waals surface area contributed by atoms with E-state index >= 15 is 0 Å². The van der Waals surface area contributed by atoms with Crippen LogP contribution in [0.3, 0.4) is 0 Å². The van der Waals surface area contributed by atoms with Crippen molar-refractivity contribution in [2.24, 2.45) is 0 Å². The first-order chi connectivity index (χ1) is 18.7. The molecule has 0 aliphatic carbocycles. The molecular formula is C33H20ClN3O. The number of nitrogens with zero attached hydrogens (tertiary/aromatic N) is 3. The van der Waals surface area contributed by atoms with Crippen LogP contribution in [0, 0.1) is 0 Å². The quantitative estimate of drug-likeness (QED) is 0.237. The summed E-state index contributed by atoms with van der Waals surface area (Å²) >= 11 is 6.42. The Bertz CT molecular complexity index is 1930. The van der Waals surface area contributed by atoms with Crippen LogP contribution in [0.4, 0.5) is 0 Å². The van der Waals surface area contributed by atoms with Crippen LogP contribution in [-0.2, 0) is 0 Å². The third-order valence-corrected chi connectivity index (χ3v) is 6.96. The lowest BCUT2D eigenvalue weighted by Crippen LogP contribution is -2.00. The van der Waals surface area contributed by atoms with Gasteiger partial charge in [0.15, 0.2) is 17.5 Å². The molecule has 0 saturated carbocycles. The van der Waals surface area contributed by atoms with Crippen LogP contribution in [-0.4, -0.2) is 15.0 Å². The molecule has 5 aromatic carbocycles. The van der Waals surface area contributed by atoms with E-state index in [0.717, 1.165) is 54.8 Å². The second-order valence-electron chi connectivity index (χ2n) is 9.04. The van der Waals surface area contributed by atoms with Crippen molar-refractivity contribution >= 4 is 33.5 Å². The summed E-state index contributed by atoms with van der Waals surface area (Å²) in [6.45, 7) is 0. The van der Waals surface area contributed by atoms with Gasteiger partial charge in [-0.3, -0.25) is 0 Å². The number of furan rings is 1. The van der Waals surface area contributed by atoms with Gasteiger partial charge in [0, 0.05) is 38.0 Å². The lowest BCUT2D eigenvalue weighted by Gasteiger charge is -2.09. The second-order valence-corrected chi connectivity index (χ2v) is 9.45. The average molecular weight is 510 g/mol. The van der Waals surface area contributed by atoms with Gasteiger partial charge in [-0.1, -0.05) is 109 Å². The molecule has 5 heteroatoms. The highest BCUT2D eigenvalue weighted by molar-refractivity contribution is 6.33. The second kappa shape index (κ2) is 9.25. The van der Waals surface area contributed by atoms with Gasteiger partial charge >= 0.3 is 0 Å². The molecule has 0 aliphatic heterocycles. The number of halogens is 1. The van der Waals surface area contributed by atoms with Crippen molar-refractivity contribution in [3.05, 3.63) is 126 Å². The average Bonchev–Trinajstić information content (AvgIpc) is 3.36. The van der Waals surface area contributed by atoms with E-state index in [-0.39, 0.29) is 0 Å². The number of para-hydroxylation sites is 1. The number of aromatic nitrogens is 3. The normalized spacial score (nSPS) is 11.3. The predicted octanol–water partition coefficient (Wildman–Crippen LogP) is 9.09. The summed E-state index contributed by atoms with van der Waals surface area (Å²) in [5.74, 6) is 1.81. The molecule has 0 N–H and O–H groups in total. The molecule has 0 unspecified atom stereocenters. The van der Waals surface area contributed by atoms with Gasteiger partial charge in [0.05, 0.1) is 0 Å². The van der Waals surface area contributed by atoms with E-state index in [4.69, 9.17) is 31.0 Å². The van der Waals surface area contributed by atoms with E-state index in [1.807, 2.05) is 109 Å². The van der Waals surface area contributed by atoms with E-state index < -0.39 is 0 Å². The molecule has 0 saturated heterocycles. The highest BCUT2D eigenvalue weighted by Gasteiger charge is 2.15. The molecule has 2 aromatic heterocycles. The topological polar surface area (TPSA) is 51.8 Å². The third kappa shape index (κ3) is 4.01. The van der Waals surface area contributed by atoms with E-state index in [0.29, 0.717) is 17.5 Å². The Labute approximate surface area is 224 Å². The maximum absolute atomic E-state index is 6.42. The van der Waals surface area contributed by atoms with Gasteiger partial charge in [-0.05, 0) is 29.8 Å². The van der Waals surface area contributed by atoms with Gasteiger partial charge in [-0.15, -0.1) is 0 Å². The summed E-state index contributed by atoms with van der Waals surface area (Å²) < 4.78 is 6.13. The third-order valence-electron chi connectivity index (χ3n) is 6.63. The highest BCUT2D eigenvalue weighted by atomic mass is 35.5. The summed E-state index contributed by atoms with van der Waals surface area (Å²) in [4.78, 5) is 14.6. The molecule has 7 aromatic rings. The van der Waals surface area contributed by atoms with E-state index in [1.165, 1.54) is 0 Å². The van der Waals surface area contributed by atoms with Gasteiger partial charge in [-0.2, -0.15) is 0 Å². The first-order valence-electron chi connectivity index (χ1n) is 12.3. The minimum Gasteiger partial charge on any atom is -0.456 e. The highest BCUT2D eigenvalue weighted by Crippen LogP contribution is 2.33. The van der Waals surface area contributed by atoms with Crippen LogP contribution in [0.2, 0.25) is 5.02 Å². The Morgan fingerprint density at radius 1 is 0.447 bits per heavy atom. The Balaban J connectivity index is 1.36. The van der Waals surface area contributed by atoms with Crippen molar-refractivity contribution in [1.29, 1.82) is 0 Å². The molecule has 0 aliphatic rings. The number of hydrogen-bond acceptors (Lipinski definition) is 4. The number of fused-ring (bicyclic) bond motifs is 3. The molecule has 7 rings (SSSR count). The Morgan fingerprint density at radius 2 is 1.00 bits per heavy atom. The summed E-state index contributed by atoms with van der Waals surface area (Å²) in [5, 5.41) is 2.88. The zero-order valence-electron chi connectivity index (χ0n) is 20.2. The lowest BCUT2D eigenvalue weighted by atomic mass is 10.0. The van der Waals surface area contributed by atoms with E-state index in [1.54, 1.807) is 0 Å². The fraction of sp³-hybridized carbons (Fsp3) is 0. The number of hydrogen-bond donors (Lipinski definition) is 0. The number of rotatable bonds is 4. The first-order valence-corrected chi connectivity index (χ1v) is 12.7. The van der Waals surface area contributed by atoms with E-state index in [2.05, 4.69) is 12.1 Å². The van der Waals surface area contributed by atoms with Crippen molar-refractivity contribution in [1.82, 2.24) is 15.0 Å². The van der Waals surface area contributed by atoms with Crippen LogP contribution >= 0.6 is 11.6 Å². The van der Waals surface area contributed by atoms with Gasteiger partial charge in [0.25, 0.3) is 0 Å². The summed E-state index contributed by atoms with van der Waals surface area (Å²) in [5.41, 5.74) is 6.37. The van der Waals surface area contributed by atoms with Gasteiger partial charge < -0.3 is 4.42 Å². The molecule has 38 heavy (non-hydrogen) atoms. The molecule has 0 amide bonds. The van der Waals surface area contributed by atoms with Gasteiger partial charge in [-0.25, -0.2) is 15.0 Å². The van der Waals surface area contributed by atoms with Crippen molar-refractivity contribution in [3.63, 3.8) is 0 Å². The van der Waals surface area contributed by atoms with Crippen molar-refractivity contribution < 1.29 is 4.42 Å². The molecular weight excluding hydrogens is 490 g/mol. The standard InChI is InChI=1S/C33H20ClN3O/c34-28-12-6-4-10-25(28)21-14-16-23(17-15-21)32-35-31(22-8-2-1-3-9-22)36-33(37-32)24-18-19-27-26-11-5-7-13-29(26)38-30(27)20-24/h1-20H. The van der Waals surface area contributed by atoms with Crippen molar-refractivity contribution in [2.45, 2.75) is 0 Å². The molecule has 0 bridgehead atoms. The molecule has 0 atom stereocenters. The number of benzene rings is 5. The lowest BCUT2D eigenvalue weighted by molar-refractivity contribution is 0.669. The fourth-order valence-corrected chi connectivity index (χ4v) is 4.95. The predicted molar refractivity (Wildman–Crippen MR) is 154 cm³/mol. The summed E-state index contributed by atoms with van der Waals surface area (Å²) in [7, 11) is 0. The summed E-state index contributed by atoms with van der Waals surface area (Å²) in [6, 6.07) is 40.1. The zero-order valence-corrected chi connectivity index (χ0v) is 20.9. The fourth-order valence-electron chi connectivity index (χ4n) is 4.71. The van der Waals surface area contributed by atoms with Crippen LogP contribution in [0.1, 0.15) is 0 Å². The van der Waals surface area contributed by atoms with E-state index in [9.17, 15) is 0 Å². The maximum atomic E-state index is 6.42. The van der Waals surface area contributed by atoms with Crippen LogP contribution < -0.4 is 0 Å². The molecule has 4 nitrogen and oxygen atoms in total. The zero-order chi connectivity index (χ0) is 25.5. The van der Waals surface area contributed by atoms with Crippen LogP contribution in [0.5, 0.6) is 0 Å². The Morgan fingerprint density at radius 3 is 1.76 bits per heavy atom. The Hall–Kier alpha value is -4.80.